The number of hydrogen-bond donors (Lipinski definition) is 0. The molecule has 0 aromatic heterocycles. The molecule has 0 aliphatic heterocycles. The van der Waals surface area contributed by atoms with Crippen LogP contribution in [0.4, 0.5) is 0 Å². The van der Waals surface area contributed by atoms with Crippen LogP contribution in [0.5, 0.6) is 0 Å². The van der Waals surface area contributed by atoms with Gasteiger partial charge in [0.2, 0.25) is 0 Å². The summed E-state index contributed by atoms with van der Waals surface area (Å²) in [7, 11) is 0. The highest BCUT2D eigenvalue weighted by molar-refractivity contribution is 9.24. The van der Waals surface area contributed by atoms with Gasteiger partial charge in [-0.2, -0.15) is 0 Å². The predicted octanol–water partition coefficient (Wildman–Crippen LogP) is 4.25. The van der Waals surface area contributed by atoms with Crippen LogP contribution in [0.15, 0.2) is 21.1 Å². The minimum Gasteiger partial charge on any atom is -0.293 e. The van der Waals surface area contributed by atoms with Crippen molar-refractivity contribution in [3.8, 4) is 0 Å². The fourth-order valence-electron chi connectivity index (χ4n) is 1.000. The molecule has 72 valence electrons. The molecule has 0 radical (unpaired) electrons. The topological polar surface area (TPSA) is 17.1 Å². The van der Waals surface area contributed by atoms with Gasteiger partial charge in [-0.25, -0.2) is 0 Å². The number of ketones is 1. The highest BCUT2D eigenvalue weighted by Crippen LogP contribution is 2.42. The normalized spacial score (nSPS) is 28.9. The van der Waals surface area contributed by atoms with Crippen LogP contribution in [0, 0.1) is 5.41 Å². The van der Waals surface area contributed by atoms with E-state index in [0.29, 0.717) is 4.48 Å². The summed E-state index contributed by atoms with van der Waals surface area (Å²) < 4.78 is 1.42. The average molecular weight is 438 g/mol. The first-order valence-corrected chi connectivity index (χ1v) is 6.88. The molecule has 0 amide bonds. The summed E-state index contributed by atoms with van der Waals surface area (Å²) in [6.45, 7) is 1.87. The van der Waals surface area contributed by atoms with E-state index in [2.05, 4.69) is 63.7 Å². The third-order valence-corrected chi connectivity index (χ3v) is 4.81. The zero-order valence-corrected chi connectivity index (χ0v) is 13.0. The zero-order valence-electron chi connectivity index (χ0n) is 6.65. The van der Waals surface area contributed by atoms with Crippen LogP contribution >= 0.6 is 63.7 Å². The molecule has 13 heavy (non-hydrogen) atoms. The molecule has 1 nitrogen and oxygen atoms in total. The predicted molar refractivity (Wildman–Crippen MR) is 68.8 cm³/mol. The molecule has 0 aromatic rings. The van der Waals surface area contributed by atoms with Crippen LogP contribution in [0.1, 0.15) is 6.92 Å². The first kappa shape index (κ1) is 12.1. The van der Waals surface area contributed by atoms with Gasteiger partial charge in [-0.3, -0.25) is 4.79 Å². The second-order valence-corrected chi connectivity index (χ2v) is 7.76. The Balaban J connectivity index is 3.16. The Morgan fingerprint density at radius 1 is 1.38 bits per heavy atom. The summed E-state index contributed by atoms with van der Waals surface area (Å²) in [6, 6.07) is 0. The van der Waals surface area contributed by atoms with E-state index >= 15 is 0 Å². The molecule has 0 saturated heterocycles. The highest BCUT2D eigenvalue weighted by atomic mass is 79.9. The zero-order chi connectivity index (χ0) is 10.2. The number of carbonyl (C=O) groups excluding carboxylic acids is 1. The maximum absolute atomic E-state index is 11.8. The van der Waals surface area contributed by atoms with Crippen molar-refractivity contribution in [1.29, 1.82) is 0 Å². The molecule has 0 N–H and O–H groups in total. The molecule has 0 spiro atoms. The molecule has 5 heteroatoms. The van der Waals surface area contributed by atoms with Crippen molar-refractivity contribution in [2.45, 2.75) is 10.7 Å². The van der Waals surface area contributed by atoms with Crippen LogP contribution in [-0.4, -0.2) is 9.52 Å². The standard InChI is InChI=1S/C8H6Br4O/c1-8(7(11)12)3-4(9)2-5(10)6(8)13/h2-3,7H,1H3. The van der Waals surface area contributed by atoms with Crippen LogP contribution < -0.4 is 0 Å². The van der Waals surface area contributed by atoms with Crippen LogP contribution in [0.3, 0.4) is 0 Å². The number of carbonyl (C=O) groups is 1. The Morgan fingerprint density at radius 3 is 2.38 bits per heavy atom. The highest BCUT2D eigenvalue weighted by Gasteiger charge is 2.40. The third kappa shape index (κ3) is 2.36. The van der Waals surface area contributed by atoms with Crippen LogP contribution in [0.25, 0.3) is 0 Å². The van der Waals surface area contributed by atoms with Gasteiger partial charge in [-0.15, -0.1) is 0 Å². The number of rotatable bonds is 1. The van der Waals surface area contributed by atoms with Gasteiger partial charge in [0.1, 0.15) is 0 Å². The number of hydrogen-bond acceptors (Lipinski definition) is 1. The molecule has 1 atom stereocenters. The smallest absolute Gasteiger partial charge is 0.181 e. The number of alkyl halides is 2. The van der Waals surface area contributed by atoms with Crippen molar-refractivity contribution in [3.63, 3.8) is 0 Å². The molecule has 0 bridgehead atoms. The monoisotopic (exact) mass is 434 g/mol. The quantitative estimate of drug-likeness (QED) is 0.561. The van der Waals surface area contributed by atoms with Crippen molar-refractivity contribution in [1.82, 2.24) is 0 Å². The molecular formula is C8H6Br4O. The summed E-state index contributed by atoms with van der Waals surface area (Å²) in [6.07, 6.45) is 3.64. The van der Waals surface area contributed by atoms with Crippen molar-refractivity contribution in [2.24, 2.45) is 5.41 Å². The average Bonchev–Trinajstić information content (AvgIpc) is 1.99. The van der Waals surface area contributed by atoms with E-state index < -0.39 is 5.41 Å². The molecule has 0 aromatic carbocycles. The Morgan fingerprint density at radius 2 is 1.92 bits per heavy atom. The summed E-state index contributed by atoms with van der Waals surface area (Å²) in [5, 5.41) is 0. The van der Waals surface area contributed by atoms with E-state index in [-0.39, 0.29) is 9.52 Å². The van der Waals surface area contributed by atoms with E-state index in [1.165, 1.54) is 0 Å². The summed E-state index contributed by atoms with van der Waals surface area (Å²) >= 11 is 13.3. The molecule has 1 rings (SSSR count). The summed E-state index contributed by atoms with van der Waals surface area (Å²) in [4.78, 5) is 11.8. The summed E-state index contributed by atoms with van der Waals surface area (Å²) in [5.41, 5.74) is -0.549. The second kappa shape index (κ2) is 4.29. The molecular weight excluding hydrogens is 432 g/mol. The minimum atomic E-state index is -0.549. The molecule has 0 fully saturated rings. The van der Waals surface area contributed by atoms with Gasteiger partial charge in [0.15, 0.2) is 5.78 Å². The first-order chi connectivity index (χ1) is 5.88. The van der Waals surface area contributed by atoms with Gasteiger partial charge in [0, 0.05) is 4.48 Å². The minimum absolute atomic E-state index is 0.0643. The fraction of sp³-hybridized carbons (Fsp3) is 0.375. The lowest BCUT2D eigenvalue weighted by Gasteiger charge is -2.29. The lowest BCUT2D eigenvalue weighted by molar-refractivity contribution is -0.120. The Kier molecular flexibility index (Phi) is 4.01. The molecule has 1 aliphatic rings. The SMILES string of the molecule is CC1(C(Br)Br)C=C(Br)C=C(Br)C1=O. The maximum Gasteiger partial charge on any atom is 0.181 e. The number of allylic oxidation sites excluding steroid dienone is 4. The maximum atomic E-state index is 11.8. The van der Waals surface area contributed by atoms with E-state index in [4.69, 9.17) is 0 Å². The number of Topliss-reactive ketones (excluding diaryl/α,β-unsaturated/α-hetero) is 1. The summed E-state index contributed by atoms with van der Waals surface area (Å²) in [5.74, 6) is 0.0643. The van der Waals surface area contributed by atoms with Gasteiger partial charge in [0.05, 0.1) is 13.6 Å². The molecule has 1 aliphatic carbocycles. The van der Waals surface area contributed by atoms with E-state index in [9.17, 15) is 4.79 Å². The van der Waals surface area contributed by atoms with Gasteiger partial charge >= 0.3 is 0 Å². The third-order valence-electron chi connectivity index (χ3n) is 1.86. The number of halogens is 4. The Labute approximate surface area is 111 Å². The van der Waals surface area contributed by atoms with E-state index in [1.54, 1.807) is 6.08 Å². The fourth-order valence-corrected chi connectivity index (χ4v) is 3.37. The van der Waals surface area contributed by atoms with Crippen LogP contribution in [0.2, 0.25) is 0 Å². The molecule has 1 unspecified atom stereocenters. The Hall–Kier alpha value is 1.07. The van der Waals surface area contributed by atoms with Crippen molar-refractivity contribution in [3.05, 3.63) is 21.1 Å². The van der Waals surface area contributed by atoms with Gasteiger partial charge in [-0.1, -0.05) is 53.9 Å². The van der Waals surface area contributed by atoms with Gasteiger partial charge < -0.3 is 0 Å². The van der Waals surface area contributed by atoms with Gasteiger partial charge in [-0.05, 0) is 28.9 Å². The Bertz CT molecular complexity index is 305. The molecule has 0 saturated carbocycles. The van der Waals surface area contributed by atoms with Crippen LogP contribution in [-0.2, 0) is 4.79 Å². The van der Waals surface area contributed by atoms with Crippen molar-refractivity contribution >= 4 is 69.5 Å². The van der Waals surface area contributed by atoms with Gasteiger partial charge in [0.25, 0.3) is 0 Å². The first-order valence-electron chi connectivity index (χ1n) is 3.46. The largest absolute Gasteiger partial charge is 0.293 e. The van der Waals surface area contributed by atoms with E-state index in [1.807, 2.05) is 13.0 Å². The second-order valence-electron chi connectivity index (χ2n) is 2.93. The van der Waals surface area contributed by atoms with Crippen molar-refractivity contribution < 1.29 is 4.79 Å². The molecule has 0 heterocycles. The van der Waals surface area contributed by atoms with Crippen molar-refractivity contribution in [2.75, 3.05) is 0 Å². The lowest BCUT2D eigenvalue weighted by Crippen LogP contribution is -2.33. The lowest BCUT2D eigenvalue weighted by atomic mass is 9.85. The van der Waals surface area contributed by atoms with E-state index in [0.717, 1.165) is 4.48 Å².